The third-order valence-corrected chi connectivity index (χ3v) is 4.29. The van der Waals surface area contributed by atoms with E-state index in [1.165, 1.54) is 27.4 Å². The lowest BCUT2D eigenvalue weighted by molar-refractivity contribution is -0.139. The minimum absolute atomic E-state index is 0.157. The Kier molecular flexibility index (Phi) is 7.10. The highest BCUT2D eigenvalue weighted by molar-refractivity contribution is 5.87. The van der Waals surface area contributed by atoms with Gasteiger partial charge in [-0.3, -0.25) is 0 Å². The number of rotatable bonds is 9. The summed E-state index contributed by atoms with van der Waals surface area (Å²) in [6, 6.07) is 10.6. The first kappa shape index (κ1) is 21.7. The van der Waals surface area contributed by atoms with E-state index < -0.39 is 5.97 Å². The highest BCUT2D eigenvalue weighted by atomic mass is 16.6. The fraction of sp³-hybridized carbons (Fsp3) is 0.227. The van der Waals surface area contributed by atoms with Crippen molar-refractivity contribution in [3.63, 3.8) is 0 Å². The van der Waals surface area contributed by atoms with E-state index in [0.29, 0.717) is 28.6 Å². The van der Waals surface area contributed by atoms with Crippen molar-refractivity contribution in [1.29, 1.82) is 0 Å². The van der Waals surface area contributed by atoms with Crippen LogP contribution < -0.4 is 18.9 Å². The van der Waals surface area contributed by atoms with Crippen molar-refractivity contribution in [3.05, 3.63) is 53.9 Å². The maximum Gasteiger partial charge on any atom is 0.331 e. The zero-order chi connectivity index (χ0) is 22.2. The maximum atomic E-state index is 12.1. The van der Waals surface area contributed by atoms with Crippen molar-refractivity contribution in [1.82, 2.24) is 10.1 Å². The fourth-order valence-electron chi connectivity index (χ4n) is 2.69. The molecule has 0 radical (unpaired) electrons. The summed E-state index contributed by atoms with van der Waals surface area (Å²) in [4.78, 5) is 16.3. The van der Waals surface area contributed by atoms with E-state index >= 15 is 0 Å². The Labute approximate surface area is 179 Å². The maximum absolute atomic E-state index is 12.1. The van der Waals surface area contributed by atoms with Gasteiger partial charge in [0.05, 0.1) is 28.4 Å². The number of esters is 1. The minimum atomic E-state index is -0.582. The SMILES string of the molecule is COc1ccc(-c2noc(COC(=O)/C=C/c3cc(OC)c(OC)cc3OC)n2)cc1. The van der Waals surface area contributed by atoms with Crippen LogP contribution in [0.4, 0.5) is 0 Å². The second kappa shape index (κ2) is 10.1. The van der Waals surface area contributed by atoms with Gasteiger partial charge in [0.15, 0.2) is 18.1 Å². The fourth-order valence-corrected chi connectivity index (χ4v) is 2.69. The van der Waals surface area contributed by atoms with Crippen LogP contribution in [0.15, 0.2) is 47.0 Å². The van der Waals surface area contributed by atoms with Crippen LogP contribution >= 0.6 is 0 Å². The monoisotopic (exact) mass is 426 g/mol. The molecule has 31 heavy (non-hydrogen) atoms. The summed E-state index contributed by atoms with van der Waals surface area (Å²) in [5.41, 5.74) is 1.37. The lowest BCUT2D eigenvalue weighted by Crippen LogP contribution is -2.01. The number of hydrogen-bond acceptors (Lipinski definition) is 9. The smallest absolute Gasteiger partial charge is 0.331 e. The van der Waals surface area contributed by atoms with Gasteiger partial charge in [0.2, 0.25) is 5.82 Å². The number of methoxy groups -OCH3 is 4. The summed E-state index contributed by atoms with van der Waals surface area (Å²) in [6.07, 6.45) is 2.82. The molecule has 0 N–H and O–H groups in total. The van der Waals surface area contributed by atoms with Crippen molar-refractivity contribution < 1.29 is 33.0 Å². The molecular weight excluding hydrogens is 404 g/mol. The van der Waals surface area contributed by atoms with E-state index in [0.717, 1.165) is 11.3 Å². The van der Waals surface area contributed by atoms with Gasteiger partial charge in [0.25, 0.3) is 5.89 Å². The Balaban J connectivity index is 1.63. The third kappa shape index (κ3) is 5.33. The molecule has 2 aromatic carbocycles. The normalized spacial score (nSPS) is 10.7. The quantitative estimate of drug-likeness (QED) is 0.375. The van der Waals surface area contributed by atoms with Crippen molar-refractivity contribution in [3.8, 4) is 34.4 Å². The average Bonchev–Trinajstić information content (AvgIpc) is 3.29. The first-order valence-electron chi connectivity index (χ1n) is 9.19. The summed E-state index contributed by atoms with van der Waals surface area (Å²) in [5, 5.41) is 3.89. The van der Waals surface area contributed by atoms with Gasteiger partial charge in [0.1, 0.15) is 11.5 Å². The minimum Gasteiger partial charge on any atom is -0.497 e. The lowest BCUT2D eigenvalue weighted by atomic mass is 10.1. The Hall–Kier alpha value is -4.01. The number of benzene rings is 2. The zero-order valence-electron chi connectivity index (χ0n) is 17.6. The summed E-state index contributed by atoms with van der Waals surface area (Å²) in [6.45, 7) is -0.157. The van der Waals surface area contributed by atoms with Crippen molar-refractivity contribution in [2.24, 2.45) is 0 Å². The number of carbonyl (C=O) groups excluding carboxylic acids is 1. The van der Waals surface area contributed by atoms with Crippen LogP contribution in [0.1, 0.15) is 11.5 Å². The van der Waals surface area contributed by atoms with E-state index in [2.05, 4.69) is 10.1 Å². The number of aromatic nitrogens is 2. The van der Waals surface area contributed by atoms with Crippen molar-refractivity contribution in [2.75, 3.05) is 28.4 Å². The number of carbonyl (C=O) groups is 1. The van der Waals surface area contributed by atoms with E-state index in [9.17, 15) is 4.79 Å². The Bertz CT molecular complexity index is 1060. The van der Waals surface area contributed by atoms with Gasteiger partial charge in [-0.05, 0) is 36.4 Å². The first-order valence-corrected chi connectivity index (χ1v) is 9.19. The van der Waals surface area contributed by atoms with E-state index in [4.69, 9.17) is 28.2 Å². The number of nitrogens with zero attached hydrogens (tertiary/aromatic N) is 2. The third-order valence-electron chi connectivity index (χ3n) is 4.29. The second-order valence-electron chi connectivity index (χ2n) is 6.13. The molecule has 9 nitrogen and oxygen atoms in total. The van der Waals surface area contributed by atoms with Gasteiger partial charge in [-0.1, -0.05) is 5.16 Å². The molecule has 0 unspecified atom stereocenters. The molecule has 0 aliphatic rings. The van der Waals surface area contributed by atoms with Crippen LogP contribution in [-0.2, 0) is 16.1 Å². The molecule has 0 fully saturated rings. The highest BCUT2D eigenvalue weighted by Crippen LogP contribution is 2.35. The second-order valence-corrected chi connectivity index (χ2v) is 6.13. The van der Waals surface area contributed by atoms with E-state index in [-0.39, 0.29) is 12.5 Å². The molecule has 0 amide bonds. The molecule has 0 saturated carbocycles. The number of ether oxygens (including phenoxy) is 5. The van der Waals surface area contributed by atoms with Crippen molar-refractivity contribution in [2.45, 2.75) is 6.61 Å². The molecular formula is C22H22N2O7. The Morgan fingerprint density at radius 2 is 1.61 bits per heavy atom. The molecule has 9 heteroatoms. The summed E-state index contributed by atoms with van der Waals surface area (Å²) in [7, 11) is 6.16. The summed E-state index contributed by atoms with van der Waals surface area (Å²) < 4.78 is 31.3. The topological polar surface area (TPSA) is 102 Å². The van der Waals surface area contributed by atoms with Gasteiger partial charge >= 0.3 is 5.97 Å². The van der Waals surface area contributed by atoms with Crippen LogP contribution in [0.25, 0.3) is 17.5 Å². The molecule has 3 rings (SSSR count). The van der Waals surface area contributed by atoms with Gasteiger partial charge in [-0.15, -0.1) is 0 Å². The van der Waals surface area contributed by atoms with Crippen LogP contribution in [0.5, 0.6) is 23.0 Å². The summed E-state index contributed by atoms with van der Waals surface area (Å²) in [5.74, 6) is 2.25. The molecule has 1 heterocycles. The first-order chi connectivity index (χ1) is 15.1. The standard InChI is InChI=1S/C22H22N2O7/c1-26-16-8-5-14(6-9-16)22-23-20(31-24-22)13-30-21(25)10-7-15-11-18(28-3)19(29-4)12-17(15)27-2/h5-12H,13H2,1-4H3/b10-7+. The van der Waals surface area contributed by atoms with Crippen LogP contribution in [0, 0.1) is 0 Å². The van der Waals surface area contributed by atoms with Crippen LogP contribution in [0.2, 0.25) is 0 Å². The molecule has 162 valence electrons. The molecule has 0 bridgehead atoms. The van der Waals surface area contributed by atoms with E-state index in [1.54, 1.807) is 49.6 Å². The van der Waals surface area contributed by atoms with E-state index in [1.807, 2.05) is 0 Å². The predicted molar refractivity (Wildman–Crippen MR) is 111 cm³/mol. The lowest BCUT2D eigenvalue weighted by Gasteiger charge is -2.12. The molecule has 1 aromatic heterocycles. The molecule has 3 aromatic rings. The van der Waals surface area contributed by atoms with Gasteiger partial charge in [-0.2, -0.15) is 4.98 Å². The van der Waals surface area contributed by atoms with Crippen molar-refractivity contribution >= 4 is 12.0 Å². The molecule has 0 spiro atoms. The van der Waals surface area contributed by atoms with Crippen LogP contribution in [-0.4, -0.2) is 44.5 Å². The highest BCUT2D eigenvalue weighted by Gasteiger charge is 2.12. The number of hydrogen-bond donors (Lipinski definition) is 0. The molecule has 0 aliphatic heterocycles. The Morgan fingerprint density at radius 1 is 0.935 bits per heavy atom. The molecule has 0 saturated heterocycles. The molecule has 0 aliphatic carbocycles. The predicted octanol–water partition coefficient (Wildman–Crippen LogP) is 3.53. The van der Waals surface area contributed by atoms with Gasteiger partial charge in [0, 0.05) is 23.3 Å². The van der Waals surface area contributed by atoms with Gasteiger partial charge < -0.3 is 28.2 Å². The zero-order valence-corrected chi connectivity index (χ0v) is 17.6. The Morgan fingerprint density at radius 3 is 2.26 bits per heavy atom. The van der Waals surface area contributed by atoms with Crippen LogP contribution in [0.3, 0.4) is 0 Å². The average molecular weight is 426 g/mol. The summed E-state index contributed by atoms with van der Waals surface area (Å²) >= 11 is 0. The largest absolute Gasteiger partial charge is 0.497 e. The van der Waals surface area contributed by atoms with Gasteiger partial charge in [-0.25, -0.2) is 4.79 Å². The molecule has 0 atom stereocenters.